The largest absolute Gasteiger partial charge is 0.484 e. The summed E-state index contributed by atoms with van der Waals surface area (Å²) >= 11 is 1.56. The lowest BCUT2D eigenvalue weighted by Crippen LogP contribution is -2.32. The van der Waals surface area contributed by atoms with Crippen molar-refractivity contribution in [1.29, 1.82) is 0 Å². The fourth-order valence-corrected chi connectivity index (χ4v) is 3.37. The van der Waals surface area contributed by atoms with Gasteiger partial charge < -0.3 is 10.1 Å². The van der Waals surface area contributed by atoms with E-state index in [1.807, 2.05) is 48.7 Å². The number of nitro groups is 1. The minimum atomic E-state index is -0.503. The number of nitro benzene ring substituents is 1. The van der Waals surface area contributed by atoms with Gasteiger partial charge in [0.2, 0.25) is 0 Å². The highest BCUT2D eigenvalue weighted by atomic mass is 32.1. The van der Waals surface area contributed by atoms with E-state index in [1.54, 1.807) is 17.4 Å². The average molecular weight is 382 g/mol. The molecule has 1 N–H and O–H groups in total. The van der Waals surface area contributed by atoms with Crippen LogP contribution in [0.15, 0.2) is 66.0 Å². The molecule has 0 fully saturated rings. The quantitative estimate of drug-likeness (QED) is 0.489. The Kier molecular flexibility index (Phi) is 5.83. The molecule has 0 saturated heterocycles. The Bertz CT molecular complexity index is 923. The zero-order valence-corrected chi connectivity index (χ0v) is 15.4. The zero-order valence-electron chi connectivity index (χ0n) is 14.6. The molecule has 1 unspecified atom stereocenters. The molecule has 138 valence electrons. The summed E-state index contributed by atoms with van der Waals surface area (Å²) in [7, 11) is 0. The maximum atomic E-state index is 12.4. The Morgan fingerprint density at radius 1 is 1.19 bits per heavy atom. The Balaban J connectivity index is 1.69. The second-order valence-electron chi connectivity index (χ2n) is 5.97. The van der Waals surface area contributed by atoms with Crippen molar-refractivity contribution in [2.45, 2.75) is 13.0 Å². The van der Waals surface area contributed by atoms with Crippen molar-refractivity contribution >= 4 is 22.9 Å². The lowest BCUT2D eigenvalue weighted by Gasteiger charge is -2.18. The van der Waals surface area contributed by atoms with Crippen LogP contribution in [0.2, 0.25) is 0 Å². The molecule has 1 atom stereocenters. The molecule has 0 aliphatic heterocycles. The number of carbonyl (C=O) groups is 1. The van der Waals surface area contributed by atoms with Crippen LogP contribution in [-0.2, 0) is 4.79 Å². The van der Waals surface area contributed by atoms with Gasteiger partial charge in [-0.25, -0.2) is 0 Å². The molecule has 0 bridgehead atoms. The minimum absolute atomic E-state index is 0.0796. The second-order valence-corrected chi connectivity index (χ2v) is 6.95. The third-order valence-electron chi connectivity index (χ3n) is 3.94. The van der Waals surface area contributed by atoms with Gasteiger partial charge in [-0.2, -0.15) is 0 Å². The molecule has 3 rings (SSSR count). The van der Waals surface area contributed by atoms with E-state index in [-0.39, 0.29) is 30.0 Å². The van der Waals surface area contributed by atoms with Crippen LogP contribution in [0.25, 0.3) is 0 Å². The van der Waals surface area contributed by atoms with E-state index in [0.29, 0.717) is 0 Å². The maximum Gasteiger partial charge on any atom is 0.273 e. The molecule has 0 radical (unpaired) electrons. The topological polar surface area (TPSA) is 81.5 Å². The fourth-order valence-electron chi connectivity index (χ4n) is 2.57. The summed E-state index contributed by atoms with van der Waals surface area (Å²) in [6, 6.07) is 17.4. The monoisotopic (exact) mass is 382 g/mol. The van der Waals surface area contributed by atoms with Crippen LogP contribution >= 0.6 is 11.3 Å². The van der Waals surface area contributed by atoms with Crippen LogP contribution < -0.4 is 10.1 Å². The van der Waals surface area contributed by atoms with Gasteiger partial charge in [0.1, 0.15) is 5.75 Å². The molecule has 0 aliphatic rings. The highest BCUT2D eigenvalue weighted by Gasteiger charge is 2.18. The van der Waals surface area contributed by atoms with Gasteiger partial charge in [0, 0.05) is 10.9 Å². The maximum absolute atomic E-state index is 12.4. The molecule has 2 aromatic carbocycles. The molecule has 0 aliphatic carbocycles. The summed E-state index contributed by atoms with van der Waals surface area (Å²) in [6.45, 7) is 1.78. The van der Waals surface area contributed by atoms with Crippen molar-refractivity contribution < 1.29 is 14.5 Å². The van der Waals surface area contributed by atoms with E-state index in [9.17, 15) is 14.9 Å². The average Bonchev–Trinajstić information content (AvgIpc) is 3.20. The third-order valence-corrected chi connectivity index (χ3v) is 4.88. The Labute approximate surface area is 160 Å². The van der Waals surface area contributed by atoms with Crippen molar-refractivity contribution in [2.75, 3.05) is 6.61 Å². The Morgan fingerprint density at radius 3 is 2.63 bits per heavy atom. The van der Waals surface area contributed by atoms with Gasteiger partial charge in [-0.3, -0.25) is 14.9 Å². The van der Waals surface area contributed by atoms with E-state index < -0.39 is 4.92 Å². The van der Waals surface area contributed by atoms with Crippen molar-refractivity contribution in [3.8, 4) is 5.75 Å². The fraction of sp³-hybridized carbons (Fsp3) is 0.150. The van der Waals surface area contributed by atoms with Gasteiger partial charge in [0.05, 0.1) is 17.0 Å². The van der Waals surface area contributed by atoms with E-state index >= 15 is 0 Å². The molecule has 7 heteroatoms. The first-order chi connectivity index (χ1) is 13.0. The number of amides is 1. The molecule has 1 amide bonds. The van der Waals surface area contributed by atoms with Gasteiger partial charge in [-0.05, 0) is 30.0 Å². The summed E-state index contributed by atoms with van der Waals surface area (Å²) in [6.07, 6.45) is 0. The number of hydrogen-bond acceptors (Lipinski definition) is 5. The SMILES string of the molecule is Cc1ccc(C(NC(=O)COc2cccc([N+](=O)[O-])c2)c2cccs2)cc1. The smallest absolute Gasteiger partial charge is 0.273 e. The Hall–Kier alpha value is -3.19. The molecule has 3 aromatic rings. The van der Waals surface area contributed by atoms with Crippen LogP contribution in [-0.4, -0.2) is 17.4 Å². The lowest BCUT2D eigenvalue weighted by molar-refractivity contribution is -0.384. The molecular formula is C20H18N2O4S. The van der Waals surface area contributed by atoms with Crippen LogP contribution in [0.4, 0.5) is 5.69 Å². The summed E-state index contributed by atoms with van der Waals surface area (Å²) in [5.74, 6) is -0.0251. The number of rotatable bonds is 7. The normalized spacial score (nSPS) is 11.6. The van der Waals surface area contributed by atoms with Gasteiger partial charge in [0.15, 0.2) is 6.61 Å². The van der Waals surface area contributed by atoms with Crippen LogP contribution in [0.5, 0.6) is 5.75 Å². The molecule has 0 saturated carbocycles. The first-order valence-corrected chi connectivity index (χ1v) is 9.17. The van der Waals surface area contributed by atoms with Gasteiger partial charge in [0.25, 0.3) is 11.6 Å². The number of benzene rings is 2. The van der Waals surface area contributed by atoms with Crippen molar-refractivity contribution in [2.24, 2.45) is 0 Å². The molecule has 6 nitrogen and oxygen atoms in total. The molecule has 27 heavy (non-hydrogen) atoms. The van der Waals surface area contributed by atoms with Gasteiger partial charge in [-0.1, -0.05) is 42.0 Å². The van der Waals surface area contributed by atoms with E-state index in [1.165, 1.54) is 18.2 Å². The summed E-state index contributed by atoms with van der Waals surface area (Å²) in [5.41, 5.74) is 2.04. The number of carbonyl (C=O) groups excluding carboxylic acids is 1. The van der Waals surface area contributed by atoms with Crippen LogP contribution in [0.3, 0.4) is 0 Å². The van der Waals surface area contributed by atoms with Crippen molar-refractivity contribution in [1.82, 2.24) is 5.32 Å². The number of non-ortho nitro benzene ring substituents is 1. The zero-order chi connectivity index (χ0) is 19.2. The number of thiophene rings is 1. The van der Waals surface area contributed by atoms with Crippen molar-refractivity contribution in [3.05, 3.63) is 92.2 Å². The highest BCUT2D eigenvalue weighted by molar-refractivity contribution is 7.10. The van der Waals surface area contributed by atoms with E-state index in [2.05, 4.69) is 5.32 Å². The van der Waals surface area contributed by atoms with Crippen LogP contribution in [0, 0.1) is 17.0 Å². The highest BCUT2D eigenvalue weighted by Crippen LogP contribution is 2.26. The first-order valence-electron chi connectivity index (χ1n) is 8.29. The number of nitrogens with zero attached hydrogens (tertiary/aromatic N) is 1. The van der Waals surface area contributed by atoms with Crippen molar-refractivity contribution in [3.63, 3.8) is 0 Å². The summed E-state index contributed by atoms with van der Waals surface area (Å²) in [5, 5.41) is 15.8. The predicted octanol–water partition coefficient (Wildman–Crippen LogP) is 4.25. The number of ether oxygens (including phenoxy) is 1. The van der Waals surface area contributed by atoms with Crippen LogP contribution in [0.1, 0.15) is 22.0 Å². The van der Waals surface area contributed by atoms with E-state index in [0.717, 1.165) is 16.0 Å². The number of hydrogen-bond donors (Lipinski definition) is 1. The second kappa shape index (κ2) is 8.46. The third kappa shape index (κ3) is 4.92. The molecule has 1 aromatic heterocycles. The number of nitrogens with one attached hydrogen (secondary N) is 1. The summed E-state index contributed by atoms with van der Waals surface area (Å²) < 4.78 is 5.42. The number of aryl methyl sites for hydroxylation is 1. The molecular weight excluding hydrogens is 364 g/mol. The Morgan fingerprint density at radius 2 is 1.96 bits per heavy atom. The minimum Gasteiger partial charge on any atom is -0.484 e. The molecule has 1 heterocycles. The van der Waals surface area contributed by atoms with E-state index in [4.69, 9.17) is 4.74 Å². The molecule has 0 spiro atoms. The first kappa shape index (κ1) is 18.6. The summed E-state index contributed by atoms with van der Waals surface area (Å²) in [4.78, 5) is 23.7. The van der Waals surface area contributed by atoms with Gasteiger partial charge >= 0.3 is 0 Å². The predicted molar refractivity (Wildman–Crippen MR) is 104 cm³/mol. The lowest BCUT2D eigenvalue weighted by atomic mass is 10.0. The standard InChI is InChI=1S/C20H18N2O4S/c1-14-7-9-15(10-8-14)20(18-6-3-11-27-18)21-19(23)13-26-17-5-2-4-16(12-17)22(24)25/h2-12,20H,13H2,1H3,(H,21,23). The van der Waals surface area contributed by atoms with Gasteiger partial charge in [-0.15, -0.1) is 11.3 Å².